The Morgan fingerprint density at radius 3 is 2.52 bits per heavy atom. The number of nitrogens with zero attached hydrogens (tertiary/aromatic N) is 5. The van der Waals surface area contributed by atoms with E-state index < -0.39 is 0 Å². The van der Waals surface area contributed by atoms with E-state index in [0.717, 1.165) is 33.6 Å². The fraction of sp³-hybridized carbons (Fsp3) is 0.0833. The molecule has 3 heterocycles. The third kappa shape index (κ3) is 3.93. The van der Waals surface area contributed by atoms with Gasteiger partial charge in [0, 0.05) is 29.7 Å². The predicted octanol–water partition coefficient (Wildman–Crippen LogP) is 4.69. The number of para-hydroxylation sites is 1. The Labute approximate surface area is 179 Å². The standard InChI is InChI=1S/C24H20N6O/c1-31-19-8-6-17(7-9-19)16-30-21-5-3-2-4-20(21)23(29-30)24-26-15-12-22(28-24)27-18-10-13-25-14-11-18/h2-15H,16H2,1H3,(H,25,26,27,28). The lowest BCUT2D eigenvalue weighted by molar-refractivity contribution is 0.414. The van der Waals surface area contributed by atoms with Gasteiger partial charge in [0.2, 0.25) is 0 Å². The Balaban J connectivity index is 1.51. The number of ether oxygens (including phenoxy) is 1. The van der Waals surface area contributed by atoms with Gasteiger partial charge in [0.15, 0.2) is 5.82 Å². The van der Waals surface area contributed by atoms with Gasteiger partial charge in [-0.1, -0.05) is 30.3 Å². The number of aromatic nitrogens is 5. The van der Waals surface area contributed by atoms with E-state index in [1.807, 2.05) is 59.3 Å². The molecule has 0 bridgehead atoms. The molecule has 7 nitrogen and oxygen atoms in total. The van der Waals surface area contributed by atoms with Crippen LogP contribution >= 0.6 is 0 Å². The van der Waals surface area contributed by atoms with Crippen LogP contribution in [-0.4, -0.2) is 31.8 Å². The minimum atomic E-state index is 0.573. The molecule has 5 rings (SSSR count). The molecule has 0 aliphatic heterocycles. The van der Waals surface area contributed by atoms with Crippen molar-refractivity contribution in [1.82, 2.24) is 24.7 Å². The molecule has 0 spiro atoms. The molecule has 0 atom stereocenters. The SMILES string of the molecule is COc1ccc(Cn2nc(-c3nccc(Nc4ccncc4)n3)c3ccccc32)cc1. The molecular formula is C24H20N6O. The first-order valence-electron chi connectivity index (χ1n) is 9.89. The van der Waals surface area contributed by atoms with Crippen LogP contribution in [0.4, 0.5) is 11.5 Å². The predicted molar refractivity (Wildman–Crippen MR) is 120 cm³/mol. The first-order chi connectivity index (χ1) is 15.3. The van der Waals surface area contributed by atoms with Crippen LogP contribution in [0, 0.1) is 0 Å². The van der Waals surface area contributed by atoms with Crippen LogP contribution in [0.3, 0.4) is 0 Å². The Bertz CT molecular complexity index is 1320. The normalized spacial score (nSPS) is 10.9. The molecule has 0 amide bonds. The average molecular weight is 408 g/mol. The number of fused-ring (bicyclic) bond motifs is 1. The number of anilines is 2. The van der Waals surface area contributed by atoms with Crippen molar-refractivity contribution >= 4 is 22.4 Å². The van der Waals surface area contributed by atoms with Gasteiger partial charge in [-0.05, 0) is 42.0 Å². The van der Waals surface area contributed by atoms with Crippen LogP contribution < -0.4 is 10.1 Å². The summed E-state index contributed by atoms with van der Waals surface area (Å²) >= 11 is 0. The molecule has 0 aliphatic carbocycles. The van der Waals surface area contributed by atoms with E-state index in [4.69, 9.17) is 14.8 Å². The van der Waals surface area contributed by atoms with Gasteiger partial charge in [0.05, 0.1) is 19.2 Å². The second-order valence-corrected chi connectivity index (χ2v) is 7.00. The molecule has 0 radical (unpaired) electrons. The zero-order valence-electron chi connectivity index (χ0n) is 16.9. The molecule has 0 aliphatic rings. The summed E-state index contributed by atoms with van der Waals surface area (Å²) in [5.74, 6) is 2.11. The summed E-state index contributed by atoms with van der Waals surface area (Å²) in [6.07, 6.45) is 5.21. The van der Waals surface area contributed by atoms with E-state index in [9.17, 15) is 0 Å². The highest BCUT2D eigenvalue weighted by molar-refractivity contribution is 5.91. The summed E-state index contributed by atoms with van der Waals surface area (Å²) in [7, 11) is 1.67. The van der Waals surface area contributed by atoms with Crippen LogP contribution in [0.2, 0.25) is 0 Å². The number of pyridine rings is 1. The molecule has 0 saturated carbocycles. The number of nitrogens with one attached hydrogen (secondary N) is 1. The van der Waals surface area contributed by atoms with Gasteiger partial charge in [-0.2, -0.15) is 5.10 Å². The van der Waals surface area contributed by atoms with Crippen LogP contribution in [0.5, 0.6) is 5.75 Å². The van der Waals surface area contributed by atoms with Gasteiger partial charge >= 0.3 is 0 Å². The average Bonchev–Trinajstić information content (AvgIpc) is 3.19. The van der Waals surface area contributed by atoms with Crippen molar-refractivity contribution in [3.63, 3.8) is 0 Å². The lowest BCUT2D eigenvalue weighted by Crippen LogP contribution is -2.02. The molecule has 152 valence electrons. The van der Waals surface area contributed by atoms with E-state index in [-0.39, 0.29) is 0 Å². The Kier molecular flexibility index (Phi) is 4.98. The molecule has 7 heteroatoms. The van der Waals surface area contributed by atoms with Crippen molar-refractivity contribution in [1.29, 1.82) is 0 Å². The maximum Gasteiger partial charge on any atom is 0.182 e. The smallest absolute Gasteiger partial charge is 0.182 e. The van der Waals surface area contributed by atoms with E-state index in [1.165, 1.54) is 0 Å². The van der Waals surface area contributed by atoms with Crippen molar-refractivity contribution in [2.45, 2.75) is 6.54 Å². The quantitative estimate of drug-likeness (QED) is 0.439. The van der Waals surface area contributed by atoms with Gasteiger partial charge in [-0.15, -0.1) is 0 Å². The molecule has 0 saturated heterocycles. The summed E-state index contributed by atoms with van der Waals surface area (Å²) < 4.78 is 7.24. The lowest BCUT2D eigenvalue weighted by Gasteiger charge is -2.06. The van der Waals surface area contributed by atoms with Gasteiger partial charge in [-0.3, -0.25) is 9.67 Å². The van der Waals surface area contributed by atoms with Crippen molar-refractivity contribution in [3.05, 3.63) is 90.9 Å². The monoisotopic (exact) mass is 408 g/mol. The first-order valence-corrected chi connectivity index (χ1v) is 9.89. The van der Waals surface area contributed by atoms with Gasteiger partial charge < -0.3 is 10.1 Å². The number of hydrogen-bond acceptors (Lipinski definition) is 6. The van der Waals surface area contributed by atoms with Crippen LogP contribution in [0.25, 0.3) is 22.4 Å². The second kappa shape index (κ2) is 8.23. The molecule has 0 unspecified atom stereocenters. The fourth-order valence-electron chi connectivity index (χ4n) is 3.44. The third-order valence-electron chi connectivity index (χ3n) is 4.97. The summed E-state index contributed by atoms with van der Waals surface area (Å²) in [5, 5.41) is 9.16. The summed E-state index contributed by atoms with van der Waals surface area (Å²) in [6, 6.07) is 21.8. The lowest BCUT2D eigenvalue weighted by atomic mass is 10.2. The van der Waals surface area contributed by atoms with Gasteiger partial charge in [0.25, 0.3) is 0 Å². The van der Waals surface area contributed by atoms with Crippen LogP contribution in [0.15, 0.2) is 85.3 Å². The zero-order valence-corrected chi connectivity index (χ0v) is 16.9. The Morgan fingerprint density at radius 1 is 0.903 bits per heavy atom. The highest BCUT2D eigenvalue weighted by Crippen LogP contribution is 2.27. The summed E-state index contributed by atoms with van der Waals surface area (Å²) in [5.41, 5.74) is 3.83. The molecule has 5 aromatic rings. The summed E-state index contributed by atoms with van der Waals surface area (Å²) in [6.45, 7) is 0.638. The second-order valence-electron chi connectivity index (χ2n) is 7.00. The van der Waals surface area contributed by atoms with Crippen LogP contribution in [0.1, 0.15) is 5.56 Å². The fourth-order valence-corrected chi connectivity index (χ4v) is 3.44. The van der Waals surface area contributed by atoms with Gasteiger partial charge in [0.1, 0.15) is 17.3 Å². The topological polar surface area (TPSA) is 77.8 Å². The molecule has 31 heavy (non-hydrogen) atoms. The first kappa shape index (κ1) is 18.7. The molecular weight excluding hydrogens is 388 g/mol. The minimum Gasteiger partial charge on any atom is -0.497 e. The van der Waals surface area contributed by atoms with Crippen molar-refractivity contribution < 1.29 is 4.74 Å². The third-order valence-corrected chi connectivity index (χ3v) is 4.97. The number of hydrogen-bond donors (Lipinski definition) is 1. The van der Waals surface area contributed by atoms with Gasteiger partial charge in [-0.25, -0.2) is 9.97 Å². The largest absolute Gasteiger partial charge is 0.497 e. The number of rotatable bonds is 6. The van der Waals surface area contributed by atoms with E-state index in [0.29, 0.717) is 18.2 Å². The maximum atomic E-state index is 5.26. The van der Waals surface area contributed by atoms with Crippen molar-refractivity contribution in [2.24, 2.45) is 0 Å². The zero-order chi connectivity index (χ0) is 21.0. The maximum absolute atomic E-state index is 5.26. The van der Waals surface area contributed by atoms with Crippen LogP contribution in [-0.2, 0) is 6.54 Å². The van der Waals surface area contributed by atoms with E-state index in [1.54, 1.807) is 25.7 Å². The Hall–Kier alpha value is -4.26. The molecule has 0 fully saturated rings. The molecule has 3 aromatic heterocycles. The van der Waals surface area contributed by atoms with Crippen molar-refractivity contribution in [3.8, 4) is 17.3 Å². The summed E-state index contributed by atoms with van der Waals surface area (Å²) in [4.78, 5) is 13.2. The highest BCUT2D eigenvalue weighted by atomic mass is 16.5. The number of benzene rings is 2. The van der Waals surface area contributed by atoms with E-state index >= 15 is 0 Å². The Morgan fingerprint density at radius 2 is 1.71 bits per heavy atom. The molecule has 2 aromatic carbocycles. The minimum absolute atomic E-state index is 0.573. The highest BCUT2D eigenvalue weighted by Gasteiger charge is 2.15. The van der Waals surface area contributed by atoms with E-state index in [2.05, 4.69) is 27.4 Å². The van der Waals surface area contributed by atoms with Crippen molar-refractivity contribution in [2.75, 3.05) is 12.4 Å². The molecule has 1 N–H and O–H groups in total. The number of methoxy groups -OCH3 is 1.